The van der Waals surface area contributed by atoms with Crippen LogP contribution < -0.4 is 10.1 Å². The number of nitrogens with zero attached hydrogens (tertiary/aromatic N) is 1. The summed E-state index contributed by atoms with van der Waals surface area (Å²) in [6, 6.07) is 8.04. The first kappa shape index (κ1) is 21.8. The molecule has 0 aliphatic heterocycles. The van der Waals surface area contributed by atoms with Gasteiger partial charge in [-0.25, -0.2) is 0 Å². The van der Waals surface area contributed by atoms with Gasteiger partial charge in [0.2, 0.25) is 0 Å². The van der Waals surface area contributed by atoms with Crippen molar-refractivity contribution >= 4 is 23.0 Å². The van der Waals surface area contributed by atoms with E-state index in [4.69, 9.17) is 17.0 Å². The zero-order valence-corrected chi connectivity index (χ0v) is 17.2. The topological polar surface area (TPSA) is 24.5 Å². The Kier molecular flexibility index (Phi) is 12.1. The van der Waals surface area contributed by atoms with Gasteiger partial charge in [0.1, 0.15) is 5.75 Å². The number of unbranched alkanes of at least 4 members (excludes halogenated alkanes) is 6. The largest absolute Gasteiger partial charge is 0.494 e. The summed E-state index contributed by atoms with van der Waals surface area (Å²) in [6.07, 6.45) is 10.2. The van der Waals surface area contributed by atoms with Crippen molar-refractivity contribution in [1.82, 2.24) is 4.90 Å². The van der Waals surface area contributed by atoms with Crippen molar-refractivity contribution in [3.63, 3.8) is 0 Å². The zero-order chi connectivity index (χ0) is 18.3. The predicted molar refractivity (Wildman–Crippen MR) is 114 cm³/mol. The van der Waals surface area contributed by atoms with Gasteiger partial charge in [0.15, 0.2) is 5.11 Å². The summed E-state index contributed by atoms with van der Waals surface area (Å²) in [6.45, 7) is 9.29. The Morgan fingerprint density at radius 3 is 1.92 bits per heavy atom. The molecule has 1 N–H and O–H groups in total. The highest BCUT2D eigenvalue weighted by molar-refractivity contribution is 7.80. The van der Waals surface area contributed by atoms with Gasteiger partial charge in [0.25, 0.3) is 0 Å². The average Bonchev–Trinajstić information content (AvgIpc) is 2.62. The first-order chi connectivity index (χ1) is 12.2. The number of nitrogens with one attached hydrogen (secondary N) is 1. The number of rotatable bonds is 13. The average molecular weight is 365 g/mol. The van der Waals surface area contributed by atoms with E-state index in [2.05, 4.69) is 24.1 Å². The maximum atomic E-state index is 5.68. The van der Waals surface area contributed by atoms with Gasteiger partial charge in [0.05, 0.1) is 6.61 Å². The fraction of sp³-hybridized carbons (Fsp3) is 0.667. The van der Waals surface area contributed by atoms with E-state index in [1.165, 1.54) is 51.4 Å². The van der Waals surface area contributed by atoms with Gasteiger partial charge >= 0.3 is 0 Å². The van der Waals surface area contributed by atoms with E-state index in [0.29, 0.717) is 6.61 Å². The minimum absolute atomic E-state index is 0.689. The van der Waals surface area contributed by atoms with Crippen LogP contribution in [0.4, 0.5) is 5.69 Å². The molecule has 0 spiro atoms. The van der Waals surface area contributed by atoms with Gasteiger partial charge in [0, 0.05) is 18.8 Å². The second-order valence-corrected chi connectivity index (χ2v) is 6.88. The molecule has 0 atom stereocenters. The molecule has 142 valence electrons. The van der Waals surface area contributed by atoms with Gasteiger partial charge in [-0.05, 0) is 56.2 Å². The highest BCUT2D eigenvalue weighted by atomic mass is 32.1. The summed E-state index contributed by atoms with van der Waals surface area (Å²) >= 11 is 5.68. The van der Waals surface area contributed by atoms with Crippen molar-refractivity contribution in [3.05, 3.63) is 24.3 Å². The third-order valence-corrected chi connectivity index (χ3v) is 4.63. The molecule has 0 aliphatic carbocycles. The van der Waals surface area contributed by atoms with E-state index in [1.54, 1.807) is 0 Å². The molecule has 0 unspecified atom stereocenters. The molecule has 0 aromatic heterocycles. The second kappa shape index (κ2) is 13.9. The second-order valence-electron chi connectivity index (χ2n) is 6.50. The molecule has 0 radical (unpaired) electrons. The minimum atomic E-state index is 0.689. The van der Waals surface area contributed by atoms with E-state index in [0.717, 1.165) is 29.6 Å². The third kappa shape index (κ3) is 9.69. The summed E-state index contributed by atoms with van der Waals surface area (Å²) in [5, 5.41) is 4.24. The lowest BCUT2D eigenvalue weighted by molar-refractivity contribution is 0.340. The first-order valence-electron chi connectivity index (χ1n) is 10.00. The fourth-order valence-electron chi connectivity index (χ4n) is 2.78. The van der Waals surface area contributed by atoms with Crippen LogP contribution >= 0.6 is 12.2 Å². The highest BCUT2D eigenvalue weighted by Gasteiger charge is 2.09. The van der Waals surface area contributed by atoms with Crippen LogP contribution in [0.5, 0.6) is 5.75 Å². The van der Waals surface area contributed by atoms with Crippen molar-refractivity contribution in [2.45, 2.75) is 72.1 Å². The standard InChI is InChI=1S/C21H36N2OS/c1-4-7-9-11-17-23(18-12-10-8-5-2)21(25)22-19-13-15-20(16-14-19)24-6-3/h13-16H,4-12,17-18H2,1-3H3,(H,22,25). The molecular weight excluding hydrogens is 328 g/mol. The maximum absolute atomic E-state index is 5.68. The highest BCUT2D eigenvalue weighted by Crippen LogP contribution is 2.16. The van der Waals surface area contributed by atoms with Gasteiger partial charge in [-0.2, -0.15) is 0 Å². The van der Waals surface area contributed by atoms with Crippen molar-refractivity contribution in [1.29, 1.82) is 0 Å². The van der Waals surface area contributed by atoms with Crippen LogP contribution in [0.1, 0.15) is 72.1 Å². The van der Waals surface area contributed by atoms with Gasteiger partial charge < -0.3 is 15.0 Å². The Bertz CT molecular complexity index is 449. The lowest BCUT2D eigenvalue weighted by atomic mass is 10.2. The number of hydrogen-bond acceptors (Lipinski definition) is 2. The van der Waals surface area contributed by atoms with Crippen LogP contribution in [0, 0.1) is 0 Å². The molecule has 0 saturated carbocycles. The van der Waals surface area contributed by atoms with Crippen LogP contribution in [0.3, 0.4) is 0 Å². The Morgan fingerprint density at radius 1 is 0.880 bits per heavy atom. The summed E-state index contributed by atoms with van der Waals surface area (Å²) < 4.78 is 5.49. The van der Waals surface area contributed by atoms with Crippen molar-refractivity contribution in [3.8, 4) is 5.75 Å². The molecule has 25 heavy (non-hydrogen) atoms. The lowest BCUT2D eigenvalue weighted by Gasteiger charge is -2.26. The summed E-state index contributed by atoms with van der Waals surface area (Å²) in [4.78, 5) is 2.34. The normalized spacial score (nSPS) is 10.5. The molecule has 0 aliphatic rings. The first-order valence-corrected chi connectivity index (χ1v) is 10.4. The number of benzene rings is 1. The summed E-state index contributed by atoms with van der Waals surface area (Å²) in [5.41, 5.74) is 1.03. The molecule has 4 heteroatoms. The van der Waals surface area contributed by atoms with Crippen molar-refractivity contribution in [2.24, 2.45) is 0 Å². The van der Waals surface area contributed by atoms with E-state index in [-0.39, 0.29) is 0 Å². The number of anilines is 1. The van der Waals surface area contributed by atoms with Crippen LogP contribution in [-0.4, -0.2) is 29.7 Å². The van der Waals surface area contributed by atoms with Gasteiger partial charge in [-0.1, -0.05) is 52.4 Å². The monoisotopic (exact) mass is 364 g/mol. The molecule has 1 rings (SSSR count). The molecule has 1 aromatic rings. The molecule has 3 nitrogen and oxygen atoms in total. The van der Waals surface area contributed by atoms with Crippen LogP contribution in [0.2, 0.25) is 0 Å². The zero-order valence-electron chi connectivity index (χ0n) is 16.4. The Balaban J connectivity index is 2.53. The predicted octanol–water partition coefficient (Wildman–Crippen LogP) is 6.24. The van der Waals surface area contributed by atoms with Crippen LogP contribution in [0.25, 0.3) is 0 Å². The molecule has 0 saturated heterocycles. The van der Waals surface area contributed by atoms with Crippen LogP contribution in [-0.2, 0) is 0 Å². The SMILES string of the molecule is CCCCCCN(CCCCCC)C(=S)Nc1ccc(OCC)cc1. The smallest absolute Gasteiger partial charge is 0.173 e. The quantitative estimate of drug-likeness (QED) is 0.330. The van der Waals surface area contributed by atoms with E-state index >= 15 is 0 Å². The molecule has 1 aromatic carbocycles. The number of hydrogen-bond donors (Lipinski definition) is 1. The van der Waals surface area contributed by atoms with Crippen molar-refractivity contribution < 1.29 is 4.74 Å². The number of ether oxygens (including phenoxy) is 1. The molecule has 0 amide bonds. The maximum Gasteiger partial charge on any atom is 0.173 e. The Labute approximate surface area is 160 Å². The van der Waals surface area contributed by atoms with E-state index in [9.17, 15) is 0 Å². The summed E-state index contributed by atoms with van der Waals surface area (Å²) in [5.74, 6) is 0.898. The van der Waals surface area contributed by atoms with Gasteiger partial charge in [-0.3, -0.25) is 0 Å². The fourth-order valence-corrected chi connectivity index (χ4v) is 3.08. The molecule has 0 heterocycles. The Morgan fingerprint density at radius 2 is 1.44 bits per heavy atom. The Hall–Kier alpha value is -1.29. The molecular formula is C21H36N2OS. The molecule has 0 fully saturated rings. The van der Waals surface area contributed by atoms with Gasteiger partial charge in [-0.15, -0.1) is 0 Å². The van der Waals surface area contributed by atoms with Crippen LogP contribution in [0.15, 0.2) is 24.3 Å². The summed E-state index contributed by atoms with van der Waals surface area (Å²) in [7, 11) is 0. The third-order valence-electron chi connectivity index (χ3n) is 4.27. The number of thiocarbonyl (C=S) groups is 1. The van der Waals surface area contributed by atoms with Crippen molar-refractivity contribution in [2.75, 3.05) is 25.0 Å². The minimum Gasteiger partial charge on any atom is -0.494 e. The lowest BCUT2D eigenvalue weighted by Crippen LogP contribution is -2.36. The molecule has 0 bridgehead atoms. The van der Waals surface area contributed by atoms with E-state index in [1.807, 2.05) is 31.2 Å². The van der Waals surface area contributed by atoms with E-state index < -0.39 is 0 Å².